The molecule has 1 heterocycles. The van der Waals surface area contributed by atoms with Crippen molar-refractivity contribution in [1.82, 2.24) is 9.80 Å². The van der Waals surface area contributed by atoms with Gasteiger partial charge in [-0.05, 0) is 59.7 Å². The third kappa shape index (κ3) is 7.38. The summed E-state index contributed by atoms with van der Waals surface area (Å²) < 4.78 is 95.9. The zero-order chi connectivity index (χ0) is 34.8. The quantitative estimate of drug-likeness (QED) is 0.207. The van der Waals surface area contributed by atoms with E-state index < -0.39 is 45.2 Å². The van der Waals surface area contributed by atoms with E-state index in [-0.39, 0.29) is 47.5 Å². The van der Waals surface area contributed by atoms with Crippen LogP contribution in [-0.2, 0) is 16.2 Å². The van der Waals surface area contributed by atoms with Gasteiger partial charge in [0.25, 0.3) is 21.8 Å². The molecule has 0 radical (unpaired) electrons. The first-order valence-corrected chi connectivity index (χ1v) is 16.1. The number of nitrogens with zero attached hydrogens (tertiary/aromatic N) is 2. The standard InChI is InChI=1S/C34H31F4N3O6S/c1-40(2)32(42)23-8-4-7-21(17-23)22-13-14-29(46-3)30(18-22)48(44,45)39-24-9-5-10-25(19-24)47-26-15-16-41(20-26)33(43)31-27(34(36,37)38)11-6-12-28(31)35/h4-14,17-19,26,39H,15-16,20H2,1-3H3/t26-/m0/s1. The lowest BCUT2D eigenvalue weighted by Gasteiger charge is -2.20. The number of halogens is 4. The number of carbonyl (C=O) groups is 2. The number of nitrogens with one attached hydrogen (secondary N) is 1. The summed E-state index contributed by atoms with van der Waals surface area (Å²) >= 11 is 0. The van der Waals surface area contributed by atoms with Crippen LogP contribution in [0.5, 0.6) is 11.5 Å². The second-order valence-electron chi connectivity index (χ2n) is 11.2. The van der Waals surface area contributed by atoms with Crippen molar-refractivity contribution in [2.75, 3.05) is 39.0 Å². The predicted molar refractivity (Wildman–Crippen MR) is 170 cm³/mol. The van der Waals surface area contributed by atoms with Crippen molar-refractivity contribution in [2.45, 2.75) is 23.6 Å². The lowest BCUT2D eigenvalue weighted by Crippen LogP contribution is -2.33. The Morgan fingerprint density at radius 1 is 0.938 bits per heavy atom. The molecule has 4 aromatic carbocycles. The summed E-state index contributed by atoms with van der Waals surface area (Å²) in [4.78, 5) is 27.8. The van der Waals surface area contributed by atoms with Crippen molar-refractivity contribution in [3.05, 3.63) is 107 Å². The summed E-state index contributed by atoms with van der Waals surface area (Å²) in [7, 11) is 0.373. The van der Waals surface area contributed by atoms with Gasteiger partial charge in [-0.25, -0.2) is 12.8 Å². The van der Waals surface area contributed by atoms with Crippen LogP contribution in [0.1, 0.15) is 32.7 Å². The van der Waals surface area contributed by atoms with Gasteiger partial charge in [0, 0.05) is 38.7 Å². The molecule has 252 valence electrons. The van der Waals surface area contributed by atoms with Crippen molar-refractivity contribution in [3.63, 3.8) is 0 Å². The highest BCUT2D eigenvalue weighted by atomic mass is 32.2. The molecule has 1 saturated heterocycles. The Hall–Kier alpha value is -5.11. The maximum atomic E-state index is 14.4. The molecule has 1 aliphatic rings. The van der Waals surface area contributed by atoms with Gasteiger partial charge in [0.2, 0.25) is 0 Å². The Morgan fingerprint density at radius 3 is 2.35 bits per heavy atom. The molecule has 14 heteroatoms. The first-order valence-electron chi connectivity index (χ1n) is 14.6. The third-order valence-electron chi connectivity index (χ3n) is 7.66. The molecule has 4 aromatic rings. The number of carbonyl (C=O) groups excluding carboxylic acids is 2. The van der Waals surface area contributed by atoms with Crippen LogP contribution in [0.2, 0.25) is 0 Å². The number of sulfonamides is 1. The topological polar surface area (TPSA) is 105 Å². The van der Waals surface area contributed by atoms with Gasteiger partial charge in [0.05, 0.1) is 30.5 Å². The Balaban J connectivity index is 1.32. The zero-order valence-corrected chi connectivity index (χ0v) is 26.9. The fourth-order valence-corrected chi connectivity index (χ4v) is 6.58. The monoisotopic (exact) mass is 685 g/mol. The number of hydrogen-bond donors (Lipinski definition) is 1. The minimum atomic E-state index is -4.92. The van der Waals surface area contributed by atoms with Gasteiger partial charge in [-0.2, -0.15) is 13.2 Å². The van der Waals surface area contributed by atoms with Gasteiger partial charge < -0.3 is 19.3 Å². The van der Waals surface area contributed by atoms with Crippen LogP contribution in [0.4, 0.5) is 23.2 Å². The van der Waals surface area contributed by atoms with Gasteiger partial charge in [0.15, 0.2) is 0 Å². The van der Waals surface area contributed by atoms with E-state index in [4.69, 9.17) is 9.47 Å². The molecule has 1 atom stereocenters. The summed E-state index contributed by atoms with van der Waals surface area (Å²) in [5.74, 6) is -2.26. The van der Waals surface area contributed by atoms with Gasteiger partial charge in [-0.1, -0.05) is 30.3 Å². The van der Waals surface area contributed by atoms with Gasteiger partial charge in [-0.3, -0.25) is 14.3 Å². The molecule has 0 aliphatic carbocycles. The number of rotatable bonds is 9. The molecule has 0 saturated carbocycles. The van der Waals surface area contributed by atoms with Crippen LogP contribution in [0.15, 0.2) is 89.8 Å². The second kappa shape index (κ2) is 13.6. The summed E-state index contributed by atoms with van der Waals surface area (Å²) in [5.41, 5.74) is -0.680. The molecular weight excluding hydrogens is 654 g/mol. The van der Waals surface area contributed by atoms with Crippen LogP contribution in [0.25, 0.3) is 11.1 Å². The molecule has 1 fully saturated rings. The summed E-state index contributed by atoms with van der Waals surface area (Å²) in [6, 6.07) is 19.8. The Bertz CT molecular complexity index is 1970. The van der Waals surface area contributed by atoms with Gasteiger partial charge >= 0.3 is 6.18 Å². The van der Waals surface area contributed by atoms with E-state index in [1.54, 1.807) is 56.6 Å². The van der Waals surface area contributed by atoms with Gasteiger partial charge in [-0.15, -0.1) is 0 Å². The largest absolute Gasteiger partial charge is 0.495 e. The number of benzene rings is 4. The van der Waals surface area contributed by atoms with Crippen LogP contribution in [-0.4, -0.2) is 70.4 Å². The minimum absolute atomic E-state index is 0.0315. The Labute approximate surface area is 274 Å². The maximum Gasteiger partial charge on any atom is 0.417 e. The van der Waals surface area contributed by atoms with Crippen molar-refractivity contribution >= 4 is 27.5 Å². The lowest BCUT2D eigenvalue weighted by molar-refractivity contribution is -0.138. The average molecular weight is 686 g/mol. The summed E-state index contributed by atoms with van der Waals surface area (Å²) in [6.45, 7) is -0.0739. The van der Waals surface area contributed by atoms with E-state index in [1.807, 2.05) is 0 Å². The molecule has 2 amide bonds. The molecule has 9 nitrogen and oxygen atoms in total. The maximum absolute atomic E-state index is 14.4. The Kier molecular flexibility index (Phi) is 9.66. The normalized spacial score (nSPS) is 14.8. The van der Waals surface area contributed by atoms with E-state index in [9.17, 15) is 35.6 Å². The molecular formula is C34H31F4N3O6S. The second-order valence-corrected chi connectivity index (χ2v) is 12.9. The molecule has 0 aromatic heterocycles. The highest BCUT2D eigenvalue weighted by molar-refractivity contribution is 7.92. The minimum Gasteiger partial charge on any atom is -0.495 e. The van der Waals surface area contributed by atoms with Crippen molar-refractivity contribution in [3.8, 4) is 22.6 Å². The number of alkyl halides is 3. The predicted octanol–water partition coefficient (Wildman–Crippen LogP) is 6.32. The molecule has 1 N–H and O–H groups in total. The average Bonchev–Trinajstić information content (AvgIpc) is 3.51. The first-order chi connectivity index (χ1) is 22.7. The molecule has 1 aliphatic heterocycles. The Morgan fingerprint density at radius 2 is 1.65 bits per heavy atom. The molecule has 48 heavy (non-hydrogen) atoms. The van der Waals surface area contributed by atoms with E-state index in [2.05, 4.69) is 4.72 Å². The fourth-order valence-electron chi connectivity index (χ4n) is 5.34. The van der Waals surface area contributed by atoms with Crippen molar-refractivity contribution in [1.29, 1.82) is 0 Å². The number of amides is 2. The third-order valence-corrected chi connectivity index (χ3v) is 9.06. The van der Waals surface area contributed by atoms with Gasteiger partial charge in [0.1, 0.15) is 28.3 Å². The molecule has 0 spiro atoms. The highest BCUT2D eigenvalue weighted by Gasteiger charge is 2.39. The highest BCUT2D eigenvalue weighted by Crippen LogP contribution is 2.35. The van der Waals surface area contributed by atoms with E-state index in [1.165, 1.54) is 36.3 Å². The summed E-state index contributed by atoms with van der Waals surface area (Å²) in [5, 5.41) is 0. The zero-order valence-electron chi connectivity index (χ0n) is 26.0. The number of methoxy groups -OCH3 is 1. The first kappa shape index (κ1) is 34.2. The van der Waals surface area contributed by atoms with E-state index in [0.29, 0.717) is 22.8 Å². The SMILES string of the molecule is COc1ccc(-c2cccc(C(=O)N(C)C)c2)cc1S(=O)(=O)Nc1cccc(O[C@H]2CCN(C(=O)c3c(F)cccc3C(F)(F)F)C2)c1. The number of anilines is 1. The summed E-state index contributed by atoms with van der Waals surface area (Å²) in [6.07, 6.45) is -5.31. The molecule has 5 rings (SSSR count). The van der Waals surface area contributed by atoms with Crippen molar-refractivity contribution in [2.24, 2.45) is 0 Å². The van der Waals surface area contributed by atoms with E-state index >= 15 is 0 Å². The number of hydrogen-bond acceptors (Lipinski definition) is 6. The molecule has 0 unspecified atom stereocenters. The fraction of sp³-hybridized carbons (Fsp3) is 0.235. The number of ether oxygens (including phenoxy) is 2. The van der Waals surface area contributed by atoms with E-state index in [0.717, 1.165) is 17.0 Å². The number of likely N-dealkylation sites (tertiary alicyclic amines) is 1. The van der Waals surface area contributed by atoms with Crippen molar-refractivity contribution < 1.29 is 45.0 Å². The lowest BCUT2D eigenvalue weighted by atomic mass is 10.0. The molecule has 0 bridgehead atoms. The van der Waals surface area contributed by atoms with Crippen LogP contribution in [0, 0.1) is 5.82 Å². The van der Waals surface area contributed by atoms with Crippen LogP contribution < -0.4 is 14.2 Å². The van der Waals surface area contributed by atoms with Crippen LogP contribution in [0.3, 0.4) is 0 Å². The smallest absolute Gasteiger partial charge is 0.417 e. The van der Waals surface area contributed by atoms with Crippen LogP contribution >= 0.6 is 0 Å².